The molecule has 0 aliphatic heterocycles. The zero-order valence-corrected chi connectivity index (χ0v) is 8.55. The number of alkyl halides is 3. The molecule has 0 fully saturated rings. The normalized spacial score (nSPS) is 14.4. The van der Waals surface area contributed by atoms with Crippen LogP contribution in [0.2, 0.25) is 0 Å². The van der Waals surface area contributed by atoms with Crippen LogP contribution in [0.1, 0.15) is 18.1 Å². The molecule has 0 bridgehead atoms. The highest BCUT2D eigenvalue weighted by molar-refractivity contribution is 5.51. The summed E-state index contributed by atoms with van der Waals surface area (Å²) < 4.78 is 49.9. The summed E-state index contributed by atoms with van der Waals surface area (Å²) in [5, 5.41) is 0. The van der Waals surface area contributed by atoms with Crippen LogP contribution < -0.4 is 5.73 Å². The molecule has 1 rings (SSSR count). The Balaban J connectivity index is 3.09. The van der Waals surface area contributed by atoms with Gasteiger partial charge in [0, 0.05) is 6.04 Å². The molecule has 1 unspecified atom stereocenters. The summed E-state index contributed by atoms with van der Waals surface area (Å²) >= 11 is 0. The summed E-state index contributed by atoms with van der Waals surface area (Å²) in [5.74, 6) is -0.917. The maximum atomic E-state index is 12.9. The van der Waals surface area contributed by atoms with E-state index in [1.54, 1.807) is 6.92 Å². The number of halogens is 4. The average Bonchev–Trinajstić information content (AvgIpc) is 2.12. The predicted molar refractivity (Wildman–Crippen MR) is 54.1 cm³/mol. The van der Waals surface area contributed by atoms with Gasteiger partial charge in [-0.1, -0.05) is 12.2 Å². The van der Waals surface area contributed by atoms with Crippen LogP contribution in [-0.2, 0) is 6.18 Å². The van der Waals surface area contributed by atoms with Crippen molar-refractivity contribution in [1.29, 1.82) is 0 Å². The SMILES string of the molecule is CC(N)/C=C/c1cc(F)cc(C(F)(F)F)c1. The van der Waals surface area contributed by atoms with Gasteiger partial charge in [0.1, 0.15) is 5.82 Å². The highest BCUT2D eigenvalue weighted by Crippen LogP contribution is 2.30. The van der Waals surface area contributed by atoms with Gasteiger partial charge in [-0.3, -0.25) is 0 Å². The number of benzene rings is 1. The second-order valence-electron chi connectivity index (χ2n) is 3.49. The van der Waals surface area contributed by atoms with Crippen LogP contribution in [0.3, 0.4) is 0 Å². The second kappa shape index (κ2) is 4.65. The van der Waals surface area contributed by atoms with Gasteiger partial charge in [-0.25, -0.2) is 4.39 Å². The minimum atomic E-state index is -4.54. The van der Waals surface area contributed by atoms with Crippen molar-refractivity contribution in [3.05, 3.63) is 41.2 Å². The molecule has 0 aliphatic rings. The Morgan fingerprint density at radius 1 is 1.25 bits per heavy atom. The molecule has 0 spiro atoms. The average molecular weight is 233 g/mol. The van der Waals surface area contributed by atoms with Crippen LogP contribution in [0.4, 0.5) is 17.6 Å². The molecule has 0 aliphatic carbocycles. The first-order valence-corrected chi connectivity index (χ1v) is 4.60. The summed E-state index contributed by atoms with van der Waals surface area (Å²) in [7, 11) is 0. The minimum absolute atomic E-state index is 0.143. The Hall–Kier alpha value is -1.36. The van der Waals surface area contributed by atoms with Crippen molar-refractivity contribution < 1.29 is 17.6 Å². The van der Waals surface area contributed by atoms with Crippen molar-refractivity contribution in [3.8, 4) is 0 Å². The van der Waals surface area contributed by atoms with E-state index in [1.807, 2.05) is 0 Å². The lowest BCUT2D eigenvalue weighted by Crippen LogP contribution is -2.10. The summed E-state index contributed by atoms with van der Waals surface area (Å²) in [6.45, 7) is 1.67. The van der Waals surface area contributed by atoms with Gasteiger partial charge in [0.25, 0.3) is 0 Å². The van der Waals surface area contributed by atoms with Crippen LogP contribution >= 0.6 is 0 Å². The van der Waals surface area contributed by atoms with Crippen LogP contribution in [0.15, 0.2) is 24.3 Å². The van der Waals surface area contributed by atoms with Gasteiger partial charge >= 0.3 is 6.18 Å². The lowest BCUT2D eigenvalue weighted by molar-refractivity contribution is -0.137. The molecule has 2 N–H and O–H groups in total. The van der Waals surface area contributed by atoms with E-state index in [1.165, 1.54) is 12.2 Å². The Morgan fingerprint density at radius 3 is 2.38 bits per heavy atom. The van der Waals surface area contributed by atoms with Gasteiger partial charge < -0.3 is 5.73 Å². The molecule has 0 amide bonds. The molecule has 1 aromatic rings. The third kappa shape index (κ3) is 3.66. The summed E-state index contributed by atoms with van der Waals surface area (Å²) in [5.41, 5.74) is 4.54. The molecule has 0 radical (unpaired) electrons. The van der Waals surface area contributed by atoms with Gasteiger partial charge in [0.15, 0.2) is 0 Å². The maximum Gasteiger partial charge on any atom is 0.416 e. The van der Waals surface area contributed by atoms with Crippen LogP contribution in [-0.4, -0.2) is 6.04 Å². The van der Waals surface area contributed by atoms with Crippen LogP contribution in [0, 0.1) is 5.82 Å². The first-order valence-electron chi connectivity index (χ1n) is 4.60. The summed E-state index contributed by atoms with van der Waals surface area (Å²) in [4.78, 5) is 0. The first kappa shape index (κ1) is 12.7. The Kier molecular flexibility index (Phi) is 3.70. The van der Waals surface area contributed by atoms with Crippen molar-refractivity contribution in [2.45, 2.75) is 19.1 Å². The Labute approximate surface area is 90.6 Å². The van der Waals surface area contributed by atoms with E-state index in [2.05, 4.69) is 0 Å². The van der Waals surface area contributed by atoms with E-state index in [4.69, 9.17) is 5.73 Å². The Bertz CT molecular complexity index is 393. The van der Waals surface area contributed by atoms with Crippen molar-refractivity contribution in [1.82, 2.24) is 0 Å². The highest BCUT2D eigenvalue weighted by Gasteiger charge is 2.31. The monoisotopic (exact) mass is 233 g/mol. The van der Waals surface area contributed by atoms with Crippen molar-refractivity contribution in [2.24, 2.45) is 5.73 Å². The fourth-order valence-corrected chi connectivity index (χ4v) is 1.14. The van der Waals surface area contributed by atoms with Crippen LogP contribution in [0.5, 0.6) is 0 Å². The molecular formula is C11H11F4N. The molecular weight excluding hydrogens is 222 g/mol. The molecule has 88 valence electrons. The quantitative estimate of drug-likeness (QED) is 0.780. The minimum Gasteiger partial charge on any atom is -0.325 e. The fourth-order valence-electron chi connectivity index (χ4n) is 1.14. The number of nitrogens with two attached hydrogens (primary N) is 1. The lowest BCUT2D eigenvalue weighted by atomic mass is 10.1. The zero-order chi connectivity index (χ0) is 12.3. The van der Waals surface area contributed by atoms with Gasteiger partial charge in [0.05, 0.1) is 5.56 Å². The summed E-state index contributed by atoms with van der Waals surface area (Å²) in [6, 6.07) is 2.07. The number of hydrogen-bond acceptors (Lipinski definition) is 1. The molecule has 1 atom stereocenters. The molecule has 1 aromatic carbocycles. The molecule has 0 heterocycles. The fraction of sp³-hybridized carbons (Fsp3) is 0.273. The molecule has 5 heteroatoms. The topological polar surface area (TPSA) is 26.0 Å². The van der Waals surface area contributed by atoms with Crippen molar-refractivity contribution in [2.75, 3.05) is 0 Å². The van der Waals surface area contributed by atoms with E-state index in [0.717, 1.165) is 12.1 Å². The van der Waals surface area contributed by atoms with Gasteiger partial charge in [-0.05, 0) is 30.7 Å². The molecule has 0 saturated carbocycles. The Morgan fingerprint density at radius 2 is 1.88 bits per heavy atom. The van der Waals surface area contributed by atoms with Gasteiger partial charge in [-0.2, -0.15) is 13.2 Å². The zero-order valence-electron chi connectivity index (χ0n) is 8.55. The van der Waals surface area contributed by atoms with E-state index in [-0.39, 0.29) is 11.6 Å². The number of hydrogen-bond donors (Lipinski definition) is 1. The first-order chi connectivity index (χ1) is 7.29. The van der Waals surface area contributed by atoms with E-state index in [9.17, 15) is 17.6 Å². The smallest absolute Gasteiger partial charge is 0.325 e. The van der Waals surface area contributed by atoms with E-state index < -0.39 is 17.6 Å². The van der Waals surface area contributed by atoms with Gasteiger partial charge in [0.2, 0.25) is 0 Å². The van der Waals surface area contributed by atoms with Crippen molar-refractivity contribution in [3.63, 3.8) is 0 Å². The van der Waals surface area contributed by atoms with Crippen LogP contribution in [0.25, 0.3) is 6.08 Å². The highest BCUT2D eigenvalue weighted by atomic mass is 19.4. The molecule has 16 heavy (non-hydrogen) atoms. The third-order valence-electron chi connectivity index (χ3n) is 1.84. The number of rotatable bonds is 2. The van der Waals surface area contributed by atoms with E-state index in [0.29, 0.717) is 6.07 Å². The molecule has 0 saturated heterocycles. The van der Waals surface area contributed by atoms with Crippen molar-refractivity contribution >= 4 is 6.08 Å². The second-order valence-corrected chi connectivity index (χ2v) is 3.49. The third-order valence-corrected chi connectivity index (χ3v) is 1.84. The van der Waals surface area contributed by atoms with E-state index >= 15 is 0 Å². The van der Waals surface area contributed by atoms with Gasteiger partial charge in [-0.15, -0.1) is 0 Å². The summed E-state index contributed by atoms with van der Waals surface area (Å²) in [6.07, 6.45) is -1.68. The lowest BCUT2D eigenvalue weighted by Gasteiger charge is -2.07. The predicted octanol–water partition coefficient (Wildman–Crippen LogP) is 3.20. The maximum absolute atomic E-state index is 12.9. The largest absolute Gasteiger partial charge is 0.416 e. The molecule has 0 aromatic heterocycles. The molecule has 1 nitrogen and oxygen atoms in total. The standard InChI is InChI=1S/C11H11F4N/c1-7(16)2-3-8-4-9(11(13,14)15)6-10(12)5-8/h2-7H,16H2,1H3/b3-2+.